The van der Waals surface area contributed by atoms with Crippen molar-refractivity contribution in [3.05, 3.63) is 24.6 Å². The van der Waals surface area contributed by atoms with Crippen molar-refractivity contribution < 1.29 is 0 Å². The summed E-state index contributed by atoms with van der Waals surface area (Å²) in [4.78, 5) is 0. The SMILES string of the molecule is C=C1C=CNC(=S)N1. The fourth-order valence-corrected chi connectivity index (χ4v) is 0.641. The summed E-state index contributed by atoms with van der Waals surface area (Å²) in [6.45, 7) is 3.64. The smallest absolute Gasteiger partial charge is 0.174 e. The van der Waals surface area contributed by atoms with E-state index in [0.717, 1.165) is 5.70 Å². The van der Waals surface area contributed by atoms with E-state index in [0.29, 0.717) is 5.11 Å². The molecular weight excluding hydrogens is 120 g/mol. The summed E-state index contributed by atoms with van der Waals surface area (Å²) in [5.41, 5.74) is 0.828. The molecule has 0 fully saturated rings. The molecule has 0 aromatic heterocycles. The van der Waals surface area contributed by atoms with Gasteiger partial charge in [0.15, 0.2) is 5.11 Å². The first-order valence-corrected chi connectivity index (χ1v) is 2.63. The molecule has 0 saturated carbocycles. The lowest BCUT2D eigenvalue weighted by Gasteiger charge is -2.10. The summed E-state index contributed by atoms with van der Waals surface area (Å²) >= 11 is 4.75. The summed E-state index contributed by atoms with van der Waals surface area (Å²) in [6, 6.07) is 0. The van der Waals surface area contributed by atoms with Crippen LogP contribution in [-0.4, -0.2) is 5.11 Å². The predicted octanol–water partition coefficient (Wildman–Crippen LogP) is 0.491. The molecule has 42 valence electrons. The maximum atomic E-state index is 4.75. The fraction of sp³-hybridized carbons (Fsp3) is 0. The highest BCUT2D eigenvalue weighted by molar-refractivity contribution is 7.80. The first kappa shape index (κ1) is 5.31. The topological polar surface area (TPSA) is 24.1 Å². The van der Waals surface area contributed by atoms with Gasteiger partial charge >= 0.3 is 0 Å². The third kappa shape index (κ3) is 1.07. The average Bonchev–Trinajstić information content (AvgIpc) is 1.64. The number of thiocarbonyl (C=S) groups is 1. The first-order valence-electron chi connectivity index (χ1n) is 2.22. The Morgan fingerprint density at radius 2 is 2.38 bits per heavy atom. The Labute approximate surface area is 53.3 Å². The maximum Gasteiger partial charge on any atom is 0.174 e. The van der Waals surface area contributed by atoms with Crippen molar-refractivity contribution in [3.63, 3.8) is 0 Å². The predicted molar refractivity (Wildman–Crippen MR) is 37.1 cm³/mol. The lowest BCUT2D eigenvalue weighted by molar-refractivity contribution is 1.07. The third-order valence-electron chi connectivity index (χ3n) is 0.773. The minimum absolute atomic E-state index is 0.609. The molecule has 1 heterocycles. The molecule has 0 unspecified atom stereocenters. The molecule has 0 aliphatic carbocycles. The molecule has 1 rings (SSSR count). The number of hydrogen-bond donors (Lipinski definition) is 2. The largest absolute Gasteiger partial charge is 0.339 e. The van der Waals surface area contributed by atoms with Crippen LogP contribution in [-0.2, 0) is 0 Å². The van der Waals surface area contributed by atoms with Gasteiger partial charge < -0.3 is 10.6 Å². The molecule has 0 amide bonds. The van der Waals surface area contributed by atoms with E-state index in [9.17, 15) is 0 Å². The highest BCUT2D eigenvalue weighted by Crippen LogP contribution is 1.89. The summed E-state index contributed by atoms with van der Waals surface area (Å²) in [7, 11) is 0. The summed E-state index contributed by atoms with van der Waals surface area (Å²) < 4.78 is 0. The molecular formula is C5H6N2S. The van der Waals surface area contributed by atoms with Crippen LogP contribution >= 0.6 is 12.2 Å². The van der Waals surface area contributed by atoms with Gasteiger partial charge in [-0.25, -0.2) is 0 Å². The Kier molecular flexibility index (Phi) is 1.30. The summed E-state index contributed by atoms with van der Waals surface area (Å²) in [5.74, 6) is 0. The van der Waals surface area contributed by atoms with Crippen LogP contribution in [0.3, 0.4) is 0 Å². The van der Waals surface area contributed by atoms with Crippen LogP contribution < -0.4 is 10.6 Å². The number of hydrogen-bond acceptors (Lipinski definition) is 1. The zero-order valence-corrected chi connectivity index (χ0v) is 5.09. The molecule has 2 nitrogen and oxygen atoms in total. The molecule has 1 aliphatic rings. The van der Waals surface area contributed by atoms with Crippen molar-refractivity contribution in [3.8, 4) is 0 Å². The normalized spacial score (nSPS) is 17.5. The molecule has 0 spiro atoms. The lowest BCUT2D eigenvalue weighted by Crippen LogP contribution is -2.33. The molecule has 3 heteroatoms. The second-order valence-electron chi connectivity index (χ2n) is 1.46. The van der Waals surface area contributed by atoms with Crippen LogP contribution in [0.25, 0.3) is 0 Å². The zero-order valence-electron chi connectivity index (χ0n) is 4.27. The van der Waals surface area contributed by atoms with Crippen LogP contribution in [0.2, 0.25) is 0 Å². The van der Waals surface area contributed by atoms with E-state index in [4.69, 9.17) is 12.2 Å². The van der Waals surface area contributed by atoms with E-state index in [2.05, 4.69) is 17.2 Å². The van der Waals surface area contributed by atoms with Crippen LogP contribution in [0, 0.1) is 0 Å². The quantitative estimate of drug-likeness (QED) is 0.462. The maximum absolute atomic E-state index is 4.75. The van der Waals surface area contributed by atoms with Gasteiger partial charge in [-0.1, -0.05) is 6.58 Å². The average molecular weight is 126 g/mol. The van der Waals surface area contributed by atoms with E-state index in [-0.39, 0.29) is 0 Å². The molecule has 0 aromatic rings. The van der Waals surface area contributed by atoms with E-state index < -0.39 is 0 Å². The molecule has 0 bridgehead atoms. The van der Waals surface area contributed by atoms with Gasteiger partial charge in [0.25, 0.3) is 0 Å². The molecule has 0 radical (unpaired) electrons. The Bertz CT molecular complexity index is 160. The van der Waals surface area contributed by atoms with E-state index >= 15 is 0 Å². The number of nitrogens with one attached hydrogen (secondary N) is 2. The van der Waals surface area contributed by atoms with Crippen molar-refractivity contribution in [1.29, 1.82) is 0 Å². The van der Waals surface area contributed by atoms with Gasteiger partial charge in [0.2, 0.25) is 0 Å². The van der Waals surface area contributed by atoms with Gasteiger partial charge in [0, 0.05) is 11.9 Å². The third-order valence-corrected chi connectivity index (χ3v) is 0.993. The van der Waals surface area contributed by atoms with Crippen molar-refractivity contribution in [2.24, 2.45) is 0 Å². The highest BCUT2D eigenvalue weighted by atomic mass is 32.1. The minimum atomic E-state index is 0.609. The van der Waals surface area contributed by atoms with E-state index in [1.807, 2.05) is 6.08 Å². The number of rotatable bonds is 0. The van der Waals surface area contributed by atoms with Crippen LogP contribution in [0.1, 0.15) is 0 Å². The van der Waals surface area contributed by atoms with Gasteiger partial charge in [-0.2, -0.15) is 0 Å². The standard InChI is InChI=1S/C5H6N2S/c1-4-2-3-6-5(8)7-4/h2-3H,1H2,(H2,6,7,8). The van der Waals surface area contributed by atoms with Gasteiger partial charge in [-0.05, 0) is 18.3 Å². The van der Waals surface area contributed by atoms with Crippen LogP contribution in [0.5, 0.6) is 0 Å². The Hall–Kier alpha value is -0.830. The van der Waals surface area contributed by atoms with Crippen molar-refractivity contribution in [2.75, 3.05) is 0 Å². The minimum Gasteiger partial charge on any atom is -0.339 e. The Balaban J connectivity index is 2.68. The van der Waals surface area contributed by atoms with Gasteiger partial charge in [0.1, 0.15) is 0 Å². The lowest BCUT2D eigenvalue weighted by atomic mass is 10.4. The van der Waals surface area contributed by atoms with Gasteiger partial charge in [-0.15, -0.1) is 0 Å². The van der Waals surface area contributed by atoms with Gasteiger partial charge in [0.05, 0.1) is 0 Å². The monoisotopic (exact) mass is 126 g/mol. The fourth-order valence-electron chi connectivity index (χ4n) is 0.442. The van der Waals surface area contributed by atoms with Crippen LogP contribution in [0.15, 0.2) is 24.6 Å². The van der Waals surface area contributed by atoms with Gasteiger partial charge in [-0.3, -0.25) is 0 Å². The van der Waals surface area contributed by atoms with Crippen LogP contribution in [0.4, 0.5) is 0 Å². The van der Waals surface area contributed by atoms with Crippen molar-refractivity contribution in [2.45, 2.75) is 0 Å². The highest BCUT2D eigenvalue weighted by Gasteiger charge is 1.96. The van der Waals surface area contributed by atoms with Crippen molar-refractivity contribution in [1.82, 2.24) is 10.6 Å². The first-order chi connectivity index (χ1) is 3.79. The van der Waals surface area contributed by atoms with E-state index in [1.165, 1.54) is 0 Å². The second-order valence-corrected chi connectivity index (χ2v) is 1.87. The molecule has 0 aromatic carbocycles. The molecule has 2 N–H and O–H groups in total. The molecule has 8 heavy (non-hydrogen) atoms. The van der Waals surface area contributed by atoms with E-state index in [1.54, 1.807) is 6.20 Å². The molecule has 0 atom stereocenters. The molecule has 0 saturated heterocycles. The zero-order chi connectivity index (χ0) is 5.98. The Morgan fingerprint density at radius 3 is 2.75 bits per heavy atom. The second kappa shape index (κ2) is 1.96. The Morgan fingerprint density at radius 1 is 1.62 bits per heavy atom. The van der Waals surface area contributed by atoms with Crippen molar-refractivity contribution >= 4 is 17.3 Å². The number of allylic oxidation sites excluding steroid dienone is 1. The summed E-state index contributed by atoms with van der Waals surface area (Å²) in [6.07, 6.45) is 3.57. The molecule has 1 aliphatic heterocycles. The summed E-state index contributed by atoms with van der Waals surface area (Å²) in [5, 5.41) is 6.22.